The van der Waals surface area contributed by atoms with E-state index in [2.05, 4.69) is 34.3 Å². The van der Waals surface area contributed by atoms with E-state index in [1.54, 1.807) is 18.3 Å². The van der Waals surface area contributed by atoms with Crippen LogP contribution in [0.15, 0.2) is 67.0 Å². The minimum Gasteiger partial charge on any atom is -0.292 e. The predicted molar refractivity (Wildman–Crippen MR) is 91.9 cm³/mol. The molecule has 1 fully saturated rings. The van der Waals surface area contributed by atoms with E-state index in [-0.39, 0.29) is 5.82 Å². The lowest BCUT2D eigenvalue weighted by molar-refractivity contribution is 0.0818. The largest absolute Gasteiger partial charge is 0.292 e. The summed E-state index contributed by atoms with van der Waals surface area (Å²) in [5, 5.41) is 4.26. The predicted octanol–water partition coefficient (Wildman–Crippen LogP) is 4.02. The lowest BCUT2D eigenvalue weighted by atomic mass is 9.94. The summed E-state index contributed by atoms with van der Waals surface area (Å²) in [6.07, 6.45) is 4.92. The van der Waals surface area contributed by atoms with Crippen molar-refractivity contribution in [3.8, 4) is 0 Å². The van der Waals surface area contributed by atoms with Gasteiger partial charge in [-0.25, -0.2) is 4.39 Å². The summed E-state index contributed by atoms with van der Waals surface area (Å²) in [5.41, 5.74) is 3.77. The maximum absolute atomic E-state index is 13.1. The Hall–Kier alpha value is -2.46. The molecule has 1 saturated heterocycles. The molecular formula is C20H20FN3. The second kappa shape index (κ2) is 6.57. The van der Waals surface area contributed by atoms with Crippen LogP contribution in [0.25, 0.3) is 0 Å². The second-order valence-corrected chi connectivity index (χ2v) is 6.35. The monoisotopic (exact) mass is 321 g/mol. The average molecular weight is 321 g/mol. The highest BCUT2D eigenvalue weighted by molar-refractivity contribution is 5.26. The number of likely N-dealkylation sites (tertiary alicyclic amines) is 1. The Labute approximate surface area is 141 Å². The van der Waals surface area contributed by atoms with Gasteiger partial charge in [0.25, 0.3) is 0 Å². The van der Waals surface area contributed by atoms with E-state index in [1.165, 1.54) is 16.7 Å². The molecule has 2 heterocycles. The molecule has 0 amide bonds. The van der Waals surface area contributed by atoms with Crippen molar-refractivity contribution in [3.05, 3.63) is 89.5 Å². The van der Waals surface area contributed by atoms with Crippen LogP contribution in [0.4, 0.5) is 4.39 Å². The fraction of sp³-hybridized carbons (Fsp3) is 0.250. The maximum Gasteiger partial charge on any atom is 0.123 e. The number of nitrogens with zero attached hydrogens (tertiary/aromatic N) is 3. The van der Waals surface area contributed by atoms with E-state index in [9.17, 15) is 4.39 Å². The Morgan fingerprint density at radius 3 is 2.46 bits per heavy atom. The van der Waals surface area contributed by atoms with Crippen molar-refractivity contribution in [1.29, 1.82) is 0 Å². The number of benzene rings is 2. The van der Waals surface area contributed by atoms with Crippen molar-refractivity contribution in [1.82, 2.24) is 14.7 Å². The molecule has 122 valence electrons. The Balaban J connectivity index is 1.44. The first kappa shape index (κ1) is 15.1. The van der Waals surface area contributed by atoms with Crippen LogP contribution >= 0.6 is 0 Å². The minimum absolute atomic E-state index is 0.170. The molecule has 0 aliphatic carbocycles. The van der Waals surface area contributed by atoms with Gasteiger partial charge in [0.15, 0.2) is 0 Å². The number of rotatable bonds is 5. The van der Waals surface area contributed by atoms with Gasteiger partial charge in [0, 0.05) is 31.5 Å². The van der Waals surface area contributed by atoms with E-state index in [0.717, 1.165) is 26.1 Å². The summed E-state index contributed by atoms with van der Waals surface area (Å²) in [7, 11) is 0. The van der Waals surface area contributed by atoms with Crippen LogP contribution in [0.2, 0.25) is 0 Å². The van der Waals surface area contributed by atoms with E-state index >= 15 is 0 Å². The molecule has 1 unspecified atom stereocenters. The number of halogens is 1. The quantitative estimate of drug-likeness (QED) is 0.708. The highest BCUT2D eigenvalue weighted by atomic mass is 19.1. The summed E-state index contributed by atoms with van der Waals surface area (Å²) in [4.78, 5) is 2.44. The van der Waals surface area contributed by atoms with Gasteiger partial charge in [0.1, 0.15) is 5.82 Å². The van der Waals surface area contributed by atoms with E-state index in [0.29, 0.717) is 6.04 Å². The molecule has 4 rings (SSSR count). The Bertz CT molecular complexity index is 796. The number of aromatic nitrogens is 2. The minimum atomic E-state index is -0.170. The molecule has 0 saturated carbocycles. The van der Waals surface area contributed by atoms with E-state index in [1.807, 2.05) is 29.1 Å². The van der Waals surface area contributed by atoms with Crippen LogP contribution in [0, 0.1) is 5.82 Å². The molecule has 4 heteroatoms. The fourth-order valence-corrected chi connectivity index (χ4v) is 3.33. The summed E-state index contributed by atoms with van der Waals surface area (Å²) >= 11 is 0. The highest BCUT2D eigenvalue weighted by Crippen LogP contribution is 2.34. The van der Waals surface area contributed by atoms with Crippen molar-refractivity contribution in [3.63, 3.8) is 0 Å². The molecule has 0 N–H and O–H groups in total. The SMILES string of the molecule is Fc1ccc(C2CCN2Cc2cccc(Cn3cccn3)c2)cc1. The number of hydrogen-bond donors (Lipinski definition) is 0. The molecule has 24 heavy (non-hydrogen) atoms. The molecule has 3 nitrogen and oxygen atoms in total. The third-order valence-corrected chi connectivity index (χ3v) is 4.67. The normalized spacial score (nSPS) is 17.6. The highest BCUT2D eigenvalue weighted by Gasteiger charge is 2.29. The molecule has 2 aromatic carbocycles. The van der Waals surface area contributed by atoms with Crippen molar-refractivity contribution in [2.24, 2.45) is 0 Å². The van der Waals surface area contributed by atoms with Gasteiger partial charge in [-0.3, -0.25) is 9.58 Å². The first-order valence-electron chi connectivity index (χ1n) is 8.33. The first-order chi connectivity index (χ1) is 11.8. The third kappa shape index (κ3) is 3.24. The van der Waals surface area contributed by atoms with Gasteiger partial charge in [-0.15, -0.1) is 0 Å². The number of hydrogen-bond acceptors (Lipinski definition) is 2. The topological polar surface area (TPSA) is 21.1 Å². The Morgan fingerprint density at radius 1 is 1.00 bits per heavy atom. The average Bonchev–Trinajstić information content (AvgIpc) is 3.07. The van der Waals surface area contributed by atoms with Crippen molar-refractivity contribution in [2.45, 2.75) is 25.6 Å². The van der Waals surface area contributed by atoms with Crippen LogP contribution in [-0.4, -0.2) is 21.2 Å². The van der Waals surface area contributed by atoms with Gasteiger partial charge in [0.05, 0.1) is 6.54 Å². The van der Waals surface area contributed by atoms with Gasteiger partial charge < -0.3 is 0 Å². The molecule has 0 radical (unpaired) electrons. The van der Waals surface area contributed by atoms with Crippen LogP contribution < -0.4 is 0 Å². The third-order valence-electron chi connectivity index (χ3n) is 4.67. The molecule has 0 bridgehead atoms. The smallest absolute Gasteiger partial charge is 0.123 e. The van der Waals surface area contributed by atoms with Crippen molar-refractivity contribution in [2.75, 3.05) is 6.54 Å². The Kier molecular flexibility index (Phi) is 4.13. The Morgan fingerprint density at radius 2 is 1.79 bits per heavy atom. The molecule has 1 aromatic heterocycles. The van der Waals surface area contributed by atoms with Gasteiger partial charge in [-0.1, -0.05) is 36.4 Å². The summed E-state index contributed by atoms with van der Waals surface area (Å²) < 4.78 is 15.0. The molecule has 3 aromatic rings. The van der Waals surface area contributed by atoms with Crippen LogP contribution in [0.5, 0.6) is 0 Å². The summed E-state index contributed by atoms with van der Waals surface area (Å²) in [6.45, 7) is 2.81. The van der Waals surface area contributed by atoms with Gasteiger partial charge in [-0.05, 0) is 41.3 Å². The molecule has 1 aliphatic rings. The fourth-order valence-electron chi connectivity index (χ4n) is 3.33. The molecule has 1 atom stereocenters. The zero-order valence-corrected chi connectivity index (χ0v) is 13.5. The van der Waals surface area contributed by atoms with Crippen molar-refractivity contribution >= 4 is 0 Å². The van der Waals surface area contributed by atoms with E-state index < -0.39 is 0 Å². The molecular weight excluding hydrogens is 301 g/mol. The lowest BCUT2D eigenvalue weighted by Gasteiger charge is -2.41. The summed E-state index contributed by atoms with van der Waals surface area (Å²) in [6, 6.07) is 17.9. The van der Waals surface area contributed by atoms with Gasteiger partial charge in [-0.2, -0.15) is 5.10 Å². The lowest BCUT2D eigenvalue weighted by Crippen LogP contribution is -2.40. The van der Waals surface area contributed by atoms with Crippen LogP contribution in [0.1, 0.15) is 29.2 Å². The summed E-state index contributed by atoms with van der Waals surface area (Å²) in [5.74, 6) is -0.170. The van der Waals surface area contributed by atoms with Crippen molar-refractivity contribution < 1.29 is 4.39 Å². The first-order valence-corrected chi connectivity index (χ1v) is 8.33. The standard InChI is InChI=1S/C20H20FN3/c21-19-7-5-18(6-8-19)20-9-12-23(20)14-16-3-1-4-17(13-16)15-24-11-2-10-22-24/h1-8,10-11,13,20H,9,12,14-15H2. The molecule has 0 spiro atoms. The van der Waals surface area contributed by atoms with Crippen LogP contribution in [-0.2, 0) is 13.1 Å². The zero-order valence-electron chi connectivity index (χ0n) is 13.5. The van der Waals surface area contributed by atoms with Crippen LogP contribution in [0.3, 0.4) is 0 Å². The zero-order chi connectivity index (χ0) is 16.4. The second-order valence-electron chi connectivity index (χ2n) is 6.35. The maximum atomic E-state index is 13.1. The van der Waals surface area contributed by atoms with Gasteiger partial charge in [0.2, 0.25) is 0 Å². The van der Waals surface area contributed by atoms with Gasteiger partial charge >= 0.3 is 0 Å². The molecule has 1 aliphatic heterocycles. The van der Waals surface area contributed by atoms with E-state index in [4.69, 9.17) is 0 Å².